The van der Waals surface area contributed by atoms with Gasteiger partial charge < -0.3 is 19.5 Å². The molecule has 174 valence electrons. The average Bonchev–Trinajstić information content (AvgIpc) is 3.40. The number of rotatable bonds is 10. The van der Waals surface area contributed by atoms with E-state index in [1.165, 1.54) is 12.1 Å². The molecule has 32 heavy (non-hydrogen) atoms. The zero-order valence-corrected chi connectivity index (χ0v) is 18.5. The monoisotopic (exact) mass is 446 g/mol. The predicted octanol–water partition coefficient (Wildman–Crippen LogP) is 2.34. The highest BCUT2D eigenvalue weighted by atomic mass is 19.1. The molecule has 1 amide bonds. The molecule has 2 aromatic rings. The third kappa shape index (κ3) is 5.33. The van der Waals surface area contributed by atoms with Gasteiger partial charge in [0.2, 0.25) is 0 Å². The lowest BCUT2D eigenvalue weighted by molar-refractivity contribution is -0.0330. The minimum Gasteiger partial charge on any atom is -0.389 e. The lowest BCUT2D eigenvalue weighted by Gasteiger charge is -2.35. The first-order chi connectivity index (χ1) is 15.5. The van der Waals surface area contributed by atoms with Crippen molar-refractivity contribution in [2.75, 3.05) is 26.9 Å². The highest BCUT2D eigenvalue weighted by molar-refractivity contribution is 5.94. The smallest absolute Gasteiger partial charge is 0.254 e. The zero-order chi connectivity index (χ0) is 22.6. The first-order valence-electron chi connectivity index (χ1n) is 11.2. The molecule has 1 aromatic carbocycles. The van der Waals surface area contributed by atoms with Crippen LogP contribution in [0, 0.1) is 5.82 Å². The van der Waals surface area contributed by atoms with Crippen molar-refractivity contribution in [2.24, 2.45) is 0 Å². The normalized spacial score (nSPS) is 19.8. The molecule has 4 rings (SSSR count). The number of aliphatic hydroxyl groups is 1. The number of halogens is 1. The molecule has 1 aromatic heterocycles. The van der Waals surface area contributed by atoms with E-state index in [2.05, 4.69) is 10.3 Å². The largest absolute Gasteiger partial charge is 0.389 e. The summed E-state index contributed by atoms with van der Waals surface area (Å²) in [4.78, 5) is 15.0. The fourth-order valence-electron chi connectivity index (χ4n) is 4.42. The molecule has 1 aliphatic heterocycles. The molecule has 2 heterocycles. The first kappa shape index (κ1) is 22.8. The van der Waals surface area contributed by atoms with E-state index in [-0.39, 0.29) is 24.4 Å². The maximum Gasteiger partial charge on any atom is 0.254 e. The van der Waals surface area contributed by atoms with Crippen LogP contribution in [-0.2, 0) is 29.0 Å². The van der Waals surface area contributed by atoms with Crippen molar-refractivity contribution in [3.8, 4) is 0 Å². The number of aromatic nitrogens is 3. The van der Waals surface area contributed by atoms with E-state index in [0.717, 1.165) is 37.8 Å². The van der Waals surface area contributed by atoms with Gasteiger partial charge in [-0.1, -0.05) is 5.21 Å². The minimum atomic E-state index is -0.635. The Morgan fingerprint density at radius 2 is 2.16 bits per heavy atom. The molecular weight excluding hydrogens is 415 g/mol. The van der Waals surface area contributed by atoms with Gasteiger partial charge in [0.1, 0.15) is 5.82 Å². The fourth-order valence-corrected chi connectivity index (χ4v) is 4.42. The molecular formula is C23H31FN4O4. The summed E-state index contributed by atoms with van der Waals surface area (Å²) in [6, 6.07) is 4.42. The van der Waals surface area contributed by atoms with Crippen LogP contribution in [0.2, 0.25) is 0 Å². The summed E-state index contributed by atoms with van der Waals surface area (Å²) in [6.45, 7) is 2.08. The number of amides is 1. The second kappa shape index (κ2) is 10.1. The summed E-state index contributed by atoms with van der Waals surface area (Å²) in [5.41, 5.74) is 0.955. The summed E-state index contributed by atoms with van der Waals surface area (Å²) >= 11 is 0. The van der Waals surface area contributed by atoms with E-state index in [9.17, 15) is 14.3 Å². The molecule has 1 atom stereocenters. The second-order valence-corrected chi connectivity index (χ2v) is 8.83. The summed E-state index contributed by atoms with van der Waals surface area (Å²) in [5, 5.41) is 18.8. The van der Waals surface area contributed by atoms with Gasteiger partial charge in [-0.3, -0.25) is 9.48 Å². The van der Waals surface area contributed by atoms with Gasteiger partial charge in [-0.25, -0.2) is 4.39 Å². The van der Waals surface area contributed by atoms with Crippen LogP contribution in [0.5, 0.6) is 0 Å². The lowest BCUT2D eigenvalue weighted by atomic mass is 9.77. The maximum absolute atomic E-state index is 14.2. The number of methoxy groups -OCH3 is 1. The number of hydrogen-bond acceptors (Lipinski definition) is 6. The summed E-state index contributed by atoms with van der Waals surface area (Å²) in [6.07, 6.45) is 6.83. The van der Waals surface area contributed by atoms with Crippen molar-refractivity contribution in [1.29, 1.82) is 0 Å². The Balaban J connectivity index is 1.38. The van der Waals surface area contributed by atoms with Crippen LogP contribution in [0.1, 0.15) is 53.7 Å². The van der Waals surface area contributed by atoms with Gasteiger partial charge in [-0.2, -0.15) is 0 Å². The van der Waals surface area contributed by atoms with Crippen molar-refractivity contribution < 1.29 is 23.8 Å². The van der Waals surface area contributed by atoms with Gasteiger partial charge in [-0.05, 0) is 50.3 Å². The molecule has 1 N–H and O–H groups in total. The van der Waals surface area contributed by atoms with Crippen molar-refractivity contribution in [3.63, 3.8) is 0 Å². The van der Waals surface area contributed by atoms with Gasteiger partial charge in [0.15, 0.2) is 0 Å². The quantitative estimate of drug-likeness (QED) is 0.564. The third-order valence-electron chi connectivity index (χ3n) is 6.40. The maximum atomic E-state index is 14.2. The van der Waals surface area contributed by atoms with Crippen LogP contribution in [0.3, 0.4) is 0 Å². The molecule has 9 heteroatoms. The van der Waals surface area contributed by atoms with Gasteiger partial charge in [0, 0.05) is 37.4 Å². The topological polar surface area (TPSA) is 89.7 Å². The van der Waals surface area contributed by atoms with Gasteiger partial charge in [-0.15, -0.1) is 5.10 Å². The molecule has 0 radical (unpaired) electrons. The summed E-state index contributed by atoms with van der Waals surface area (Å²) in [7, 11) is 1.58. The van der Waals surface area contributed by atoms with E-state index in [4.69, 9.17) is 9.47 Å². The molecule has 2 aliphatic rings. The lowest BCUT2D eigenvalue weighted by Crippen LogP contribution is -2.39. The number of carbonyl (C=O) groups excluding carboxylic acids is 1. The van der Waals surface area contributed by atoms with Crippen LogP contribution >= 0.6 is 0 Å². The molecule has 1 aliphatic carbocycles. The molecule has 2 fully saturated rings. The van der Waals surface area contributed by atoms with Crippen LogP contribution in [0.4, 0.5) is 4.39 Å². The van der Waals surface area contributed by atoms with E-state index in [1.807, 2.05) is 11.1 Å². The predicted molar refractivity (Wildman–Crippen MR) is 115 cm³/mol. The van der Waals surface area contributed by atoms with E-state index < -0.39 is 5.60 Å². The SMILES string of the molecule is COCCOCc1cc(C(=O)N2CCC[C@@H]2Cn2cc(CC3(O)CCC3)nn2)ccc1F. The van der Waals surface area contributed by atoms with Gasteiger partial charge >= 0.3 is 0 Å². The number of likely N-dealkylation sites (tertiary alicyclic amines) is 1. The van der Waals surface area contributed by atoms with Crippen LogP contribution in [-0.4, -0.2) is 69.4 Å². The molecule has 0 bridgehead atoms. The molecule has 1 saturated heterocycles. The Morgan fingerprint density at radius 1 is 1.31 bits per heavy atom. The first-order valence-corrected chi connectivity index (χ1v) is 11.2. The average molecular weight is 447 g/mol. The molecule has 0 unspecified atom stereocenters. The second-order valence-electron chi connectivity index (χ2n) is 8.83. The van der Waals surface area contributed by atoms with Gasteiger partial charge in [0.05, 0.1) is 43.7 Å². The zero-order valence-electron chi connectivity index (χ0n) is 18.5. The van der Waals surface area contributed by atoms with Crippen molar-refractivity contribution >= 4 is 5.91 Å². The molecule has 0 spiro atoms. The third-order valence-corrected chi connectivity index (χ3v) is 6.40. The highest BCUT2D eigenvalue weighted by Gasteiger charge is 2.35. The summed E-state index contributed by atoms with van der Waals surface area (Å²) < 4.78 is 26.3. The van der Waals surface area contributed by atoms with Crippen LogP contribution < -0.4 is 0 Å². The summed E-state index contributed by atoms with van der Waals surface area (Å²) in [5.74, 6) is -0.505. The number of nitrogens with zero attached hydrogens (tertiary/aromatic N) is 4. The van der Waals surface area contributed by atoms with Crippen LogP contribution in [0.25, 0.3) is 0 Å². The Kier molecular flexibility index (Phi) is 7.17. The number of benzene rings is 1. The Labute approximate surface area is 187 Å². The molecule has 1 saturated carbocycles. The fraction of sp³-hybridized carbons (Fsp3) is 0.609. The minimum absolute atomic E-state index is 0.00436. The van der Waals surface area contributed by atoms with Crippen LogP contribution in [0.15, 0.2) is 24.4 Å². The van der Waals surface area contributed by atoms with E-state index in [0.29, 0.717) is 43.9 Å². The number of hydrogen-bond donors (Lipinski definition) is 1. The number of carbonyl (C=O) groups is 1. The highest BCUT2D eigenvalue weighted by Crippen LogP contribution is 2.34. The van der Waals surface area contributed by atoms with Gasteiger partial charge in [0.25, 0.3) is 5.91 Å². The Bertz CT molecular complexity index is 930. The number of ether oxygens (including phenoxy) is 2. The van der Waals surface area contributed by atoms with Crippen molar-refractivity contribution in [1.82, 2.24) is 19.9 Å². The van der Waals surface area contributed by atoms with E-state index >= 15 is 0 Å². The van der Waals surface area contributed by atoms with Crippen molar-refractivity contribution in [3.05, 3.63) is 47.0 Å². The Hall–Kier alpha value is -2.36. The molecule has 8 nitrogen and oxygen atoms in total. The standard InChI is InChI=1S/C23H31FN4O4/c1-31-10-11-32-16-18-12-17(5-6-21(18)24)22(29)28-9-2-4-20(28)15-27-14-19(25-26-27)13-23(30)7-3-8-23/h5-6,12,14,20,30H,2-4,7-11,13,15-16H2,1H3/t20-/m1/s1. The van der Waals surface area contributed by atoms with E-state index in [1.54, 1.807) is 17.9 Å². The Morgan fingerprint density at radius 3 is 2.91 bits per heavy atom. The van der Waals surface area contributed by atoms with Crippen molar-refractivity contribution in [2.45, 2.75) is 63.3 Å².